The van der Waals surface area contributed by atoms with Gasteiger partial charge in [-0.25, -0.2) is 0 Å². The number of amides is 1. The maximum Gasteiger partial charge on any atom is 0.431 e. The van der Waals surface area contributed by atoms with Crippen LogP contribution in [-0.4, -0.2) is 38.6 Å². The van der Waals surface area contributed by atoms with Crippen LogP contribution in [0.5, 0.6) is 0 Å². The lowest BCUT2D eigenvalue weighted by molar-refractivity contribution is -0.0784. The molecule has 1 aliphatic rings. The Bertz CT molecular complexity index is 545. The van der Waals surface area contributed by atoms with Crippen LogP contribution in [0.15, 0.2) is 29.6 Å². The summed E-state index contributed by atoms with van der Waals surface area (Å²) in [6.07, 6.45) is -2.79. The summed E-state index contributed by atoms with van der Waals surface area (Å²) < 4.78 is 38.1. The number of hydrazone groups is 1. The van der Waals surface area contributed by atoms with E-state index in [0.29, 0.717) is 5.01 Å². The van der Waals surface area contributed by atoms with Crippen LogP contribution in [0.25, 0.3) is 0 Å². The zero-order valence-corrected chi connectivity index (χ0v) is 10.6. The number of rotatable bonds is 2. The van der Waals surface area contributed by atoms with Crippen molar-refractivity contribution in [3.05, 3.63) is 30.1 Å². The predicted molar refractivity (Wildman–Crippen MR) is 63.8 cm³/mol. The third-order valence-corrected chi connectivity index (χ3v) is 3.08. The van der Waals surface area contributed by atoms with E-state index in [2.05, 4.69) is 10.1 Å². The second kappa shape index (κ2) is 4.86. The first kappa shape index (κ1) is 14.4. The summed E-state index contributed by atoms with van der Waals surface area (Å²) in [5, 5.41) is 14.0. The first-order valence-electron chi connectivity index (χ1n) is 5.89. The predicted octanol–water partition coefficient (Wildman–Crippen LogP) is 1.94. The van der Waals surface area contributed by atoms with Crippen LogP contribution in [0.2, 0.25) is 0 Å². The highest BCUT2D eigenvalue weighted by molar-refractivity contribution is 5.99. The molecule has 1 unspecified atom stereocenters. The molecule has 0 saturated carbocycles. The molecular weight excluding hydrogens is 275 g/mol. The molecule has 0 radical (unpaired) electrons. The largest absolute Gasteiger partial charge is 0.431 e. The van der Waals surface area contributed by atoms with E-state index >= 15 is 0 Å². The van der Waals surface area contributed by atoms with Crippen molar-refractivity contribution < 1.29 is 23.1 Å². The number of aromatic nitrogens is 1. The summed E-state index contributed by atoms with van der Waals surface area (Å²) in [5.74, 6) is -0.795. The van der Waals surface area contributed by atoms with Crippen LogP contribution < -0.4 is 0 Å². The molecule has 1 aromatic rings. The van der Waals surface area contributed by atoms with Gasteiger partial charge in [0.1, 0.15) is 5.71 Å². The zero-order valence-electron chi connectivity index (χ0n) is 10.6. The molecule has 5 nitrogen and oxygen atoms in total. The quantitative estimate of drug-likeness (QED) is 0.904. The first-order chi connectivity index (χ1) is 9.28. The van der Waals surface area contributed by atoms with Gasteiger partial charge in [0, 0.05) is 24.4 Å². The number of hydrogen-bond donors (Lipinski definition) is 1. The van der Waals surface area contributed by atoms with E-state index in [1.165, 1.54) is 31.5 Å². The molecular formula is C12H12F3N3O2. The molecule has 1 aliphatic heterocycles. The first-order valence-corrected chi connectivity index (χ1v) is 5.89. The van der Waals surface area contributed by atoms with Crippen LogP contribution in [-0.2, 0) is 0 Å². The average molecular weight is 287 g/mol. The minimum Gasteiger partial charge on any atom is -0.369 e. The third-order valence-electron chi connectivity index (χ3n) is 3.08. The Balaban J connectivity index is 2.37. The molecule has 0 aromatic carbocycles. The number of pyridine rings is 1. The van der Waals surface area contributed by atoms with Crippen molar-refractivity contribution in [1.29, 1.82) is 0 Å². The third kappa shape index (κ3) is 2.51. The maximum atomic E-state index is 12.7. The van der Waals surface area contributed by atoms with E-state index < -0.39 is 29.9 Å². The van der Waals surface area contributed by atoms with Crippen LogP contribution in [0, 0.1) is 0 Å². The molecule has 1 aromatic heterocycles. The fraction of sp³-hybridized carbons (Fsp3) is 0.417. The Morgan fingerprint density at radius 2 is 2.05 bits per heavy atom. The minimum atomic E-state index is -4.67. The number of carbonyl (C=O) groups excluding carboxylic acids is 1. The summed E-state index contributed by atoms with van der Waals surface area (Å²) in [6.45, 7) is 1.49. The Morgan fingerprint density at radius 1 is 1.45 bits per heavy atom. The fourth-order valence-electron chi connectivity index (χ4n) is 1.88. The van der Waals surface area contributed by atoms with Gasteiger partial charge in [0.2, 0.25) is 0 Å². The second-order valence-corrected chi connectivity index (χ2v) is 4.41. The van der Waals surface area contributed by atoms with Gasteiger partial charge in [0.25, 0.3) is 5.91 Å². The average Bonchev–Trinajstić information content (AvgIpc) is 2.78. The lowest BCUT2D eigenvalue weighted by Crippen LogP contribution is -2.45. The summed E-state index contributed by atoms with van der Waals surface area (Å²) in [6, 6.07) is 2.69. The molecule has 0 bridgehead atoms. The van der Waals surface area contributed by atoms with Gasteiger partial charge in [-0.2, -0.15) is 23.3 Å². The Morgan fingerprint density at radius 3 is 2.55 bits per heavy atom. The molecule has 0 spiro atoms. The second-order valence-electron chi connectivity index (χ2n) is 4.41. The zero-order chi connectivity index (χ0) is 15.0. The number of nitrogens with zero attached hydrogens (tertiary/aromatic N) is 3. The van der Waals surface area contributed by atoms with Gasteiger partial charge >= 0.3 is 6.18 Å². The van der Waals surface area contributed by atoms with E-state index in [0.717, 1.165) is 0 Å². The van der Waals surface area contributed by atoms with Gasteiger partial charge in [0.05, 0.1) is 0 Å². The number of carbonyl (C=O) groups is 1. The molecule has 2 rings (SSSR count). The van der Waals surface area contributed by atoms with Crippen molar-refractivity contribution >= 4 is 11.6 Å². The Hall–Kier alpha value is -1.96. The topological polar surface area (TPSA) is 65.8 Å². The lowest BCUT2D eigenvalue weighted by Gasteiger charge is -2.29. The standard InChI is InChI=1S/C12H12F3N3O2/c1-2-11(20)7-9(12(13,14)15)17-18(11)10(19)8-3-5-16-6-4-8/h3-6,20H,2,7H2,1H3. The highest BCUT2D eigenvalue weighted by atomic mass is 19.4. The molecule has 1 atom stereocenters. The normalized spacial score (nSPS) is 22.9. The van der Waals surface area contributed by atoms with Crippen molar-refractivity contribution in [3.63, 3.8) is 0 Å². The van der Waals surface area contributed by atoms with Crippen molar-refractivity contribution in [2.24, 2.45) is 5.10 Å². The van der Waals surface area contributed by atoms with E-state index in [4.69, 9.17) is 0 Å². The highest BCUT2D eigenvalue weighted by Crippen LogP contribution is 2.35. The number of alkyl halides is 3. The van der Waals surface area contributed by atoms with E-state index in [1.54, 1.807) is 0 Å². The van der Waals surface area contributed by atoms with Crippen LogP contribution in [0.1, 0.15) is 30.1 Å². The lowest BCUT2D eigenvalue weighted by atomic mass is 10.0. The van der Waals surface area contributed by atoms with Gasteiger partial charge in [0.15, 0.2) is 5.72 Å². The van der Waals surface area contributed by atoms with Crippen LogP contribution in [0.4, 0.5) is 13.2 Å². The van der Waals surface area contributed by atoms with Crippen molar-refractivity contribution in [3.8, 4) is 0 Å². The van der Waals surface area contributed by atoms with E-state index in [1.807, 2.05) is 0 Å². The van der Waals surface area contributed by atoms with Crippen LogP contribution in [0.3, 0.4) is 0 Å². The van der Waals surface area contributed by atoms with Gasteiger partial charge in [-0.1, -0.05) is 6.92 Å². The van der Waals surface area contributed by atoms with Crippen molar-refractivity contribution in [2.45, 2.75) is 31.7 Å². The minimum absolute atomic E-state index is 0.0626. The summed E-state index contributed by atoms with van der Waals surface area (Å²) >= 11 is 0. The van der Waals surface area contributed by atoms with Crippen LogP contribution >= 0.6 is 0 Å². The number of aliphatic hydroxyl groups is 1. The fourth-order valence-corrected chi connectivity index (χ4v) is 1.88. The number of halogens is 3. The molecule has 20 heavy (non-hydrogen) atoms. The van der Waals surface area contributed by atoms with E-state index in [-0.39, 0.29) is 12.0 Å². The molecule has 108 valence electrons. The maximum absolute atomic E-state index is 12.7. The van der Waals surface area contributed by atoms with E-state index in [9.17, 15) is 23.1 Å². The Labute approximate surface area is 112 Å². The molecule has 8 heteroatoms. The number of hydrogen-bond acceptors (Lipinski definition) is 4. The Kier molecular flexibility index (Phi) is 3.51. The molecule has 2 heterocycles. The molecule has 0 fully saturated rings. The molecule has 0 aliphatic carbocycles. The summed E-state index contributed by atoms with van der Waals surface area (Å²) in [7, 11) is 0. The molecule has 0 saturated heterocycles. The summed E-state index contributed by atoms with van der Waals surface area (Å²) in [5.41, 5.74) is -3.01. The molecule has 1 N–H and O–H groups in total. The SMILES string of the molecule is CCC1(O)CC(C(F)(F)F)=NN1C(=O)c1ccncc1. The highest BCUT2D eigenvalue weighted by Gasteiger charge is 2.51. The van der Waals surface area contributed by atoms with Gasteiger partial charge < -0.3 is 5.11 Å². The van der Waals surface area contributed by atoms with Gasteiger partial charge in [-0.3, -0.25) is 9.78 Å². The smallest absolute Gasteiger partial charge is 0.369 e. The summed E-state index contributed by atoms with van der Waals surface area (Å²) in [4.78, 5) is 15.9. The monoisotopic (exact) mass is 287 g/mol. The molecule has 1 amide bonds. The van der Waals surface area contributed by atoms with Crippen molar-refractivity contribution in [1.82, 2.24) is 9.99 Å². The van der Waals surface area contributed by atoms with Crippen molar-refractivity contribution in [2.75, 3.05) is 0 Å². The van der Waals surface area contributed by atoms with Gasteiger partial charge in [-0.05, 0) is 18.6 Å². The van der Waals surface area contributed by atoms with Gasteiger partial charge in [-0.15, -0.1) is 0 Å².